The summed E-state index contributed by atoms with van der Waals surface area (Å²) in [6.45, 7) is 11.8. The van der Waals surface area contributed by atoms with Crippen molar-refractivity contribution in [1.29, 1.82) is 5.41 Å². The fourth-order valence-corrected chi connectivity index (χ4v) is 6.61. The second-order valence-corrected chi connectivity index (χ2v) is 15.4. The number of halogens is 2. The molecule has 219 valence electrons. The van der Waals surface area contributed by atoms with E-state index in [1.54, 1.807) is 14.0 Å². The number of methoxy groups -OCH3 is 1. The Morgan fingerprint density at radius 3 is 2.51 bits per heavy atom. The summed E-state index contributed by atoms with van der Waals surface area (Å²) in [5.41, 5.74) is 4.95. The van der Waals surface area contributed by atoms with E-state index in [2.05, 4.69) is 51.9 Å². The van der Waals surface area contributed by atoms with E-state index in [-0.39, 0.29) is 21.6 Å². The molecule has 3 unspecified atom stereocenters. The first-order valence-electron chi connectivity index (χ1n) is 13.8. The van der Waals surface area contributed by atoms with Crippen molar-refractivity contribution in [1.82, 2.24) is 9.97 Å². The molecule has 1 aliphatic carbocycles. The van der Waals surface area contributed by atoms with Crippen molar-refractivity contribution in [3.8, 4) is 22.9 Å². The molecule has 3 radical (unpaired) electrons. The van der Waals surface area contributed by atoms with E-state index in [0.29, 0.717) is 52.5 Å². The SMILES string of the molecule is CCN(CC)c1nc(OCC(C)OC)nc2c(O[CH](C)[Pb])c(-c3c(C)c(F)cc(NPI)c3C=N)c(C3CC3)cc12. The molecule has 1 aliphatic rings. The zero-order valence-corrected chi connectivity index (χ0v) is 31.4. The van der Waals surface area contributed by atoms with Crippen molar-refractivity contribution in [3.05, 3.63) is 34.6 Å². The third-order valence-electron chi connectivity index (χ3n) is 7.30. The normalized spacial score (nSPS) is 14.9. The average Bonchev–Trinajstić information content (AvgIpc) is 3.80. The van der Waals surface area contributed by atoms with Crippen LogP contribution in [0, 0.1) is 18.2 Å². The van der Waals surface area contributed by atoms with E-state index in [1.165, 1.54) is 12.3 Å². The Balaban J connectivity index is 2.16. The van der Waals surface area contributed by atoms with Crippen molar-refractivity contribution in [3.63, 3.8) is 0 Å². The molecule has 4 rings (SSSR count). The number of rotatable bonds is 14. The minimum atomic E-state index is -0.321. The van der Waals surface area contributed by atoms with Gasteiger partial charge in [-0.05, 0) is 0 Å². The Kier molecular flexibility index (Phi) is 11.4. The number of hydrogen-bond donors (Lipinski definition) is 2. The number of hydrogen-bond acceptors (Lipinski definition) is 8. The molecule has 1 fully saturated rings. The quantitative estimate of drug-likeness (QED) is 0.0771. The predicted octanol–water partition coefficient (Wildman–Crippen LogP) is 7.13. The number of nitrogens with zero attached hydrogens (tertiary/aromatic N) is 3. The Morgan fingerprint density at radius 1 is 1.24 bits per heavy atom. The molecule has 1 aromatic heterocycles. The molecule has 3 atom stereocenters. The third-order valence-corrected chi connectivity index (χ3v) is 8.93. The van der Waals surface area contributed by atoms with Crippen LogP contribution in [-0.2, 0) is 4.74 Å². The molecular formula is C29H37FIN5O3PPb. The molecule has 0 bridgehead atoms. The summed E-state index contributed by atoms with van der Waals surface area (Å²) in [6.07, 6.45) is 3.59. The molecule has 41 heavy (non-hydrogen) atoms. The summed E-state index contributed by atoms with van der Waals surface area (Å²) < 4.78 is 33.6. The first-order chi connectivity index (χ1) is 19.7. The van der Waals surface area contributed by atoms with Gasteiger partial charge < -0.3 is 0 Å². The monoisotopic (exact) mass is 888 g/mol. The fourth-order valence-electron chi connectivity index (χ4n) is 4.97. The molecule has 12 heteroatoms. The topological polar surface area (TPSA) is 92.6 Å². The van der Waals surface area contributed by atoms with Crippen LogP contribution in [0.5, 0.6) is 11.8 Å². The minimum absolute atomic E-state index is 0.0399. The van der Waals surface area contributed by atoms with E-state index in [9.17, 15) is 0 Å². The van der Waals surface area contributed by atoms with Gasteiger partial charge in [-0.3, -0.25) is 0 Å². The summed E-state index contributed by atoms with van der Waals surface area (Å²) in [4.78, 5) is 12.0. The van der Waals surface area contributed by atoms with Gasteiger partial charge >= 0.3 is 274 Å². The third kappa shape index (κ3) is 7.07. The molecule has 1 heterocycles. The average molecular weight is 888 g/mol. The van der Waals surface area contributed by atoms with Crippen LogP contribution in [0.25, 0.3) is 22.0 Å². The van der Waals surface area contributed by atoms with E-state index >= 15 is 4.39 Å². The Hall–Kier alpha value is -1.38. The number of benzene rings is 2. The number of nitrogens with one attached hydrogen (secondary N) is 2. The molecule has 0 aliphatic heterocycles. The van der Waals surface area contributed by atoms with Crippen molar-refractivity contribution in [2.75, 3.05) is 36.8 Å². The molecular weight excluding hydrogens is 850 g/mol. The zero-order chi connectivity index (χ0) is 29.8. The second-order valence-electron chi connectivity index (χ2n) is 10.1. The van der Waals surface area contributed by atoms with Crippen LogP contribution in [0.2, 0.25) is 0 Å². The van der Waals surface area contributed by atoms with Crippen molar-refractivity contribution in [2.45, 2.75) is 63.1 Å². The van der Waals surface area contributed by atoms with Crippen LogP contribution < -0.4 is 19.5 Å². The van der Waals surface area contributed by atoms with Gasteiger partial charge in [-0.15, -0.1) is 0 Å². The zero-order valence-electron chi connectivity index (χ0n) is 24.3. The Morgan fingerprint density at radius 2 is 1.95 bits per heavy atom. The van der Waals surface area contributed by atoms with Gasteiger partial charge in [-0.25, -0.2) is 0 Å². The van der Waals surface area contributed by atoms with Gasteiger partial charge in [0.25, 0.3) is 0 Å². The van der Waals surface area contributed by atoms with Gasteiger partial charge in [0, 0.05) is 0 Å². The number of fused-ring (bicyclic) bond motifs is 1. The van der Waals surface area contributed by atoms with Gasteiger partial charge in [0.05, 0.1) is 0 Å². The summed E-state index contributed by atoms with van der Waals surface area (Å²) >= 11 is 3.01. The van der Waals surface area contributed by atoms with Gasteiger partial charge in [0.2, 0.25) is 0 Å². The maximum absolute atomic E-state index is 15.5. The molecule has 1 saturated carbocycles. The van der Waals surface area contributed by atoms with Crippen LogP contribution in [0.3, 0.4) is 0 Å². The van der Waals surface area contributed by atoms with E-state index in [4.69, 9.17) is 29.6 Å². The number of aromatic nitrogens is 2. The first kappa shape index (κ1) is 32.5. The molecule has 0 saturated heterocycles. The van der Waals surface area contributed by atoms with E-state index < -0.39 is 0 Å². The molecule has 3 aromatic rings. The van der Waals surface area contributed by atoms with Crippen LogP contribution in [0.4, 0.5) is 15.9 Å². The maximum atomic E-state index is 15.5. The summed E-state index contributed by atoms with van der Waals surface area (Å²) in [5, 5.41) is 12.6. The fraction of sp³-hybridized carbons (Fsp3) is 0.483. The van der Waals surface area contributed by atoms with Crippen LogP contribution in [0.15, 0.2) is 12.1 Å². The summed E-state index contributed by atoms with van der Waals surface area (Å²) in [7, 11) is 1.64. The molecule has 0 spiro atoms. The van der Waals surface area contributed by atoms with Crippen molar-refractivity contribution < 1.29 is 18.6 Å². The standard InChI is InChI=1S/C29H37FIN5O3P.Pb/c1-7-36(8-2)28-20-12-19(18-10-11-18)25(24-17(5)22(30)13-23(35-40-31)21(24)14-32)27(38-9-3)26(20)33-29(34-28)39-15-16(4)37-6;/h9,12-14,16,18,32,35,40H,7-8,10-11,15H2,1-6H3;. The van der Waals surface area contributed by atoms with Gasteiger partial charge in [0.15, 0.2) is 0 Å². The first-order valence-corrected chi connectivity index (χ1v) is 20.2. The Labute approximate surface area is 272 Å². The summed E-state index contributed by atoms with van der Waals surface area (Å²) in [5.74, 6) is 1.38. The second kappa shape index (κ2) is 14.4. The van der Waals surface area contributed by atoms with Crippen LogP contribution in [-0.4, -0.2) is 78.5 Å². The molecule has 8 nitrogen and oxygen atoms in total. The van der Waals surface area contributed by atoms with E-state index in [1.807, 2.05) is 13.8 Å². The molecule has 2 N–H and O–H groups in total. The molecule has 0 amide bonds. The number of ether oxygens (including phenoxy) is 3. The van der Waals surface area contributed by atoms with Crippen LogP contribution >= 0.6 is 28.4 Å². The van der Waals surface area contributed by atoms with E-state index in [0.717, 1.165) is 74.0 Å². The number of anilines is 2. The van der Waals surface area contributed by atoms with Crippen molar-refractivity contribution in [2.24, 2.45) is 0 Å². The molecule has 2 aromatic carbocycles. The van der Waals surface area contributed by atoms with Crippen LogP contribution in [0.1, 0.15) is 63.1 Å². The predicted molar refractivity (Wildman–Crippen MR) is 177 cm³/mol. The van der Waals surface area contributed by atoms with Gasteiger partial charge in [0.1, 0.15) is 0 Å². The summed E-state index contributed by atoms with van der Waals surface area (Å²) in [6, 6.07) is 3.91. The Bertz CT molecular complexity index is 1420. The van der Waals surface area contributed by atoms with Gasteiger partial charge in [-0.1, -0.05) is 0 Å². The van der Waals surface area contributed by atoms with Crippen molar-refractivity contribution >= 4 is 82.8 Å². The van der Waals surface area contributed by atoms with Gasteiger partial charge in [-0.2, -0.15) is 0 Å².